The van der Waals surface area contributed by atoms with Crippen molar-refractivity contribution in [3.05, 3.63) is 24.3 Å². The lowest BCUT2D eigenvalue weighted by atomic mass is 10.0. The first-order valence-corrected chi connectivity index (χ1v) is 9.68. The molecule has 2 amide bonds. The van der Waals surface area contributed by atoms with Crippen molar-refractivity contribution >= 4 is 17.5 Å². The highest BCUT2D eigenvalue weighted by Gasteiger charge is 2.25. The molecular formula is C20H29N3O3. The molecule has 1 aromatic rings. The molecule has 1 N–H and O–H groups in total. The van der Waals surface area contributed by atoms with Crippen LogP contribution in [0.5, 0.6) is 5.75 Å². The maximum Gasteiger partial charge on any atom is 0.265 e. The van der Waals surface area contributed by atoms with Crippen molar-refractivity contribution in [1.82, 2.24) is 10.2 Å². The predicted molar refractivity (Wildman–Crippen MR) is 101 cm³/mol. The summed E-state index contributed by atoms with van der Waals surface area (Å²) in [4.78, 5) is 28.4. The molecule has 0 radical (unpaired) electrons. The Hall–Kier alpha value is -2.08. The van der Waals surface area contributed by atoms with Gasteiger partial charge in [-0.05, 0) is 44.9 Å². The number of piperidine rings is 1. The highest BCUT2D eigenvalue weighted by molar-refractivity contribution is 5.98. The fraction of sp³-hybridized carbons (Fsp3) is 0.600. The molecule has 1 unspecified atom stereocenters. The fourth-order valence-corrected chi connectivity index (χ4v) is 3.70. The smallest absolute Gasteiger partial charge is 0.265 e. The third kappa shape index (κ3) is 4.75. The Kier molecular flexibility index (Phi) is 6.50. The average Bonchev–Trinajstić information content (AvgIpc) is 2.65. The Morgan fingerprint density at radius 3 is 2.96 bits per heavy atom. The molecule has 2 heterocycles. The zero-order valence-electron chi connectivity index (χ0n) is 15.6. The van der Waals surface area contributed by atoms with Gasteiger partial charge in [0.05, 0.1) is 5.69 Å². The fourth-order valence-electron chi connectivity index (χ4n) is 3.70. The summed E-state index contributed by atoms with van der Waals surface area (Å²) in [6.07, 6.45) is 5.17. The molecule has 1 aromatic carbocycles. The number of fused-ring (bicyclic) bond motifs is 1. The van der Waals surface area contributed by atoms with E-state index in [0.29, 0.717) is 31.3 Å². The minimum Gasteiger partial charge on any atom is -0.482 e. The summed E-state index contributed by atoms with van der Waals surface area (Å²) in [5, 5.41) is 2.98. The lowest BCUT2D eigenvalue weighted by Gasteiger charge is -2.33. The van der Waals surface area contributed by atoms with Crippen molar-refractivity contribution in [3.63, 3.8) is 0 Å². The van der Waals surface area contributed by atoms with Crippen LogP contribution in [0.3, 0.4) is 0 Å². The number of hydrogen-bond donors (Lipinski definition) is 1. The summed E-state index contributed by atoms with van der Waals surface area (Å²) in [7, 11) is 0. The Morgan fingerprint density at radius 2 is 2.12 bits per heavy atom. The highest BCUT2D eigenvalue weighted by Crippen LogP contribution is 2.31. The van der Waals surface area contributed by atoms with Crippen LogP contribution in [0.25, 0.3) is 0 Å². The van der Waals surface area contributed by atoms with Crippen LogP contribution in [0.2, 0.25) is 0 Å². The van der Waals surface area contributed by atoms with Crippen molar-refractivity contribution in [1.29, 1.82) is 0 Å². The lowest BCUT2D eigenvalue weighted by Crippen LogP contribution is -2.41. The van der Waals surface area contributed by atoms with Crippen LogP contribution in [-0.2, 0) is 9.59 Å². The number of nitrogens with zero attached hydrogens (tertiary/aromatic N) is 2. The van der Waals surface area contributed by atoms with Crippen molar-refractivity contribution in [3.8, 4) is 5.75 Å². The molecule has 0 saturated carbocycles. The van der Waals surface area contributed by atoms with E-state index in [1.165, 1.54) is 25.8 Å². The van der Waals surface area contributed by atoms with Gasteiger partial charge in [0.25, 0.3) is 5.91 Å². The van der Waals surface area contributed by atoms with Gasteiger partial charge in [-0.15, -0.1) is 0 Å². The van der Waals surface area contributed by atoms with E-state index in [2.05, 4.69) is 17.1 Å². The van der Waals surface area contributed by atoms with Crippen molar-refractivity contribution in [2.75, 3.05) is 37.7 Å². The Labute approximate surface area is 155 Å². The normalized spacial score (nSPS) is 20.4. The summed E-state index contributed by atoms with van der Waals surface area (Å²) >= 11 is 0. The van der Waals surface area contributed by atoms with Gasteiger partial charge in [0, 0.05) is 32.1 Å². The zero-order valence-corrected chi connectivity index (χ0v) is 15.6. The van der Waals surface area contributed by atoms with Crippen LogP contribution in [0, 0.1) is 0 Å². The molecule has 0 aromatic heterocycles. The van der Waals surface area contributed by atoms with E-state index in [-0.39, 0.29) is 18.4 Å². The van der Waals surface area contributed by atoms with Crippen LogP contribution >= 0.6 is 0 Å². The monoisotopic (exact) mass is 359 g/mol. The second-order valence-corrected chi connectivity index (χ2v) is 7.14. The first kappa shape index (κ1) is 18.7. The summed E-state index contributed by atoms with van der Waals surface area (Å²) in [5.41, 5.74) is 0.746. The number of nitrogens with one attached hydrogen (secondary N) is 1. The van der Waals surface area contributed by atoms with E-state index in [1.54, 1.807) is 4.90 Å². The summed E-state index contributed by atoms with van der Waals surface area (Å²) in [6.45, 7) is 5.61. The summed E-state index contributed by atoms with van der Waals surface area (Å²) in [5.74, 6) is 0.590. The molecule has 6 nitrogen and oxygen atoms in total. The number of carbonyl (C=O) groups is 2. The van der Waals surface area contributed by atoms with Gasteiger partial charge in [0.1, 0.15) is 5.75 Å². The topological polar surface area (TPSA) is 61.9 Å². The van der Waals surface area contributed by atoms with E-state index in [0.717, 1.165) is 18.7 Å². The number of amides is 2. The van der Waals surface area contributed by atoms with Gasteiger partial charge < -0.3 is 19.9 Å². The second kappa shape index (κ2) is 9.03. The number of anilines is 1. The lowest BCUT2D eigenvalue weighted by molar-refractivity contribution is -0.122. The number of likely N-dealkylation sites (tertiary alicyclic amines) is 1. The van der Waals surface area contributed by atoms with Gasteiger partial charge in [-0.1, -0.05) is 18.6 Å². The van der Waals surface area contributed by atoms with Crippen LogP contribution in [0.15, 0.2) is 24.3 Å². The Balaban J connectivity index is 1.38. The first-order valence-electron chi connectivity index (χ1n) is 9.68. The van der Waals surface area contributed by atoms with E-state index < -0.39 is 0 Å². The van der Waals surface area contributed by atoms with E-state index in [1.807, 2.05) is 24.3 Å². The molecule has 6 heteroatoms. The molecule has 26 heavy (non-hydrogen) atoms. The van der Waals surface area contributed by atoms with Crippen molar-refractivity contribution in [2.24, 2.45) is 0 Å². The molecule has 2 aliphatic heterocycles. The van der Waals surface area contributed by atoms with Gasteiger partial charge in [-0.25, -0.2) is 0 Å². The molecule has 1 atom stereocenters. The number of rotatable bonds is 7. The van der Waals surface area contributed by atoms with E-state index in [4.69, 9.17) is 4.74 Å². The van der Waals surface area contributed by atoms with Gasteiger partial charge in [0.2, 0.25) is 5.91 Å². The quantitative estimate of drug-likeness (QED) is 0.758. The number of ether oxygens (including phenoxy) is 1. The molecule has 3 rings (SSSR count). The zero-order chi connectivity index (χ0) is 18.4. The molecule has 1 saturated heterocycles. The predicted octanol–water partition coefficient (Wildman–Crippen LogP) is 2.18. The van der Waals surface area contributed by atoms with Crippen molar-refractivity contribution in [2.45, 2.75) is 45.1 Å². The van der Waals surface area contributed by atoms with Gasteiger partial charge in [0.15, 0.2) is 6.61 Å². The minimum absolute atomic E-state index is 0.00605. The Morgan fingerprint density at radius 1 is 1.27 bits per heavy atom. The number of hydrogen-bond acceptors (Lipinski definition) is 4. The summed E-state index contributed by atoms with van der Waals surface area (Å²) < 4.78 is 5.42. The third-order valence-corrected chi connectivity index (χ3v) is 5.26. The molecule has 142 valence electrons. The highest BCUT2D eigenvalue weighted by atomic mass is 16.5. The van der Waals surface area contributed by atoms with Crippen LogP contribution in [-0.4, -0.2) is 55.5 Å². The van der Waals surface area contributed by atoms with Crippen molar-refractivity contribution < 1.29 is 14.3 Å². The number of benzene rings is 1. The Bertz CT molecular complexity index is 634. The maximum absolute atomic E-state index is 12.1. The van der Waals surface area contributed by atoms with E-state index >= 15 is 0 Å². The third-order valence-electron chi connectivity index (χ3n) is 5.26. The molecule has 1 fully saturated rings. The first-order chi connectivity index (χ1) is 12.6. The van der Waals surface area contributed by atoms with Gasteiger partial charge in [-0.3, -0.25) is 9.59 Å². The van der Waals surface area contributed by atoms with Crippen LogP contribution in [0.4, 0.5) is 5.69 Å². The summed E-state index contributed by atoms with van der Waals surface area (Å²) in [6, 6.07) is 8.10. The number of carbonyl (C=O) groups excluding carboxylic acids is 2. The maximum atomic E-state index is 12.1. The minimum atomic E-state index is -0.101. The average molecular weight is 359 g/mol. The van der Waals surface area contributed by atoms with Gasteiger partial charge in [-0.2, -0.15) is 0 Å². The molecule has 0 bridgehead atoms. The molecule has 0 spiro atoms. The molecule has 2 aliphatic rings. The SMILES string of the molecule is CC1CCCCN1CCCNC(=O)CCN1C(=O)COc2ccccc21. The van der Waals surface area contributed by atoms with E-state index in [9.17, 15) is 9.59 Å². The van der Waals surface area contributed by atoms with Crippen LogP contribution in [0.1, 0.15) is 39.0 Å². The largest absolute Gasteiger partial charge is 0.482 e. The second-order valence-electron chi connectivity index (χ2n) is 7.14. The van der Waals surface area contributed by atoms with Crippen LogP contribution < -0.4 is 15.0 Å². The molecule has 0 aliphatic carbocycles. The number of para-hydroxylation sites is 2. The molecular weight excluding hydrogens is 330 g/mol. The van der Waals surface area contributed by atoms with Gasteiger partial charge >= 0.3 is 0 Å². The standard InChI is InChI=1S/C20H29N3O3/c1-16-7-4-5-12-22(16)13-6-11-21-19(24)10-14-23-17-8-2-3-9-18(17)26-15-20(23)25/h2-3,8-9,16H,4-7,10-15H2,1H3,(H,21,24).